The van der Waals surface area contributed by atoms with E-state index in [1.54, 1.807) is 13.4 Å². The van der Waals surface area contributed by atoms with Gasteiger partial charge >= 0.3 is 0 Å². The second-order valence-corrected chi connectivity index (χ2v) is 1.49. The Hall–Kier alpha value is -0.660. The first-order chi connectivity index (χ1) is 3.91. The molecule has 0 radical (unpaired) electrons. The minimum atomic E-state index is 1.05. The predicted molar refractivity (Wildman–Crippen MR) is 37.8 cm³/mol. The van der Waals surface area contributed by atoms with Gasteiger partial charge in [-0.3, -0.25) is 4.99 Å². The zero-order chi connectivity index (χ0) is 6.24. The average molecular weight is 112 g/mol. The quantitative estimate of drug-likeness (QED) is 0.390. The molecule has 0 aromatic heterocycles. The van der Waals surface area contributed by atoms with Crippen molar-refractivity contribution in [3.8, 4) is 0 Å². The maximum Gasteiger partial charge on any atom is 0.109 e. The first-order valence-corrected chi connectivity index (χ1v) is 2.84. The lowest BCUT2D eigenvalue weighted by atomic mass is 10.4. The molecular weight excluding hydrogens is 100 g/mol. The van der Waals surface area contributed by atoms with Crippen molar-refractivity contribution >= 4 is 12.6 Å². The molecule has 2 nitrogen and oxygen atoms in total. The minimum absolute atomic E-state index is 1.05. The van der Waals surface area contributed by atoms with Crippen LogP contribution >= 0.6 is 0 Å². The van der Waals surface area contributed by atoms with E-state index in [2.05, 4.69) is 16.9 Å². The largest absolute Gasteiger partial charge is 0.277 e. The highest BCUT2D eigenvalue weighted by Gasteiger charge is 1.68. The Kier molecular flexibility index (Phi) is 5.82. The number of hydrogen-bond donors (Lipinski definition) is 0. The van der Waals surface area contributed by atoms with Crippen LogP contribution in [0, 0.1) is 0 Å². The maximum atomic E-state index is 3.86. The molecule has 0 atom stereocenters. The van der Waals surface area contributed by atoms with E-state index in [1.165, 1.54) is 0 Å². The second kappa shape index (κ2) is 6.34. The SMILES string of the molecule is CCC/C=N\C=N/C. The molecule has 0 rings (SSSR count). The molecule has 0 spiro atoms. The van der Waals surface area contributed by atoms with Crippen molar-refractivity contribution < 1.29 is 0 Å². The van der Waals surface area contributed by atoms with E-state index in [4.69, 9.17) is 0 Å². The van der Waals surface area contributed by atoms with E-state index < -0.39 is 0 Å². The molecule has 0 saturated carbocycles. The van der Waals surface area contributed by atoms with Gasteiger partial charge in [0.15, 0.2) is 0 Å². The van der Waals surface area contributed by atoms with Gasteiger partial charge in [0.25, 0.3) is 0 Å². The molecule has 8 heavy (non-hydrogen) atoms. The van der Waals surface area contributed by atoms with Crippen LogP contribution in [0.15, 0.2) is 9.98 Å². The van der Waals surface area contributed by atoms with Crippen molar-refractivity contribution in [2.45, 2.75) is 19.8 Å². The van der Waals surface area contributed by atoms with Crippen LogP contribution in [0.4, 0.5) is 0 Å². The van der Waals surface area contributed by atoms with Crippen LogP contribution in [0.25, 0.3) is 0 Å². The highest BCUT2D eigenvalue weighted by Crippen LogP contribution is 1.78. The van der Waals surface area contributed by atoms with Gasteiger partial charge in [-0.2, -0.15) is 0 Å². The second-order valence-electron chi connectivity index (χ2n) is 1.49. The Bertz CT molecular complexity index is 84.5. The summed E-state index contributed by atoms with van der Waals surface area (Å²) in [6.07, 6.45) is 5.62. The number of rotatable bonds is 3. The monoisotopic (exact) mass is 112 g/mol. The molecule has 46 valence electrons. The Labute approximate surface area is 50.4 Å². The van der Waals surface area contributed by atoms with E-state index in [9.17, 15) is 0 Å². The summed E-state index contributed by atoms with van der Waals surface area (Å²) in [5, 5.41) is 0. The molecule has 0 aromatic carbocycles. The van der Waals surface area contributed by atoms with Gasteiger partial charge in [0.1, 0.15) is 6.34 Å². The van der Waals surface area contributed by atoms with Gasteiger partial charge < -0.3 is 0 Å². The van der Waals surface area contributed by atoms with E-state index in [0.29, 0.717) is 0 Å². The number of unbranched alkanes of at least 4 members (excludes halogenated alkanes) is 1. The zero-order valence-electron chi connectivity index (χ0n) is 5.46. The van der Waals surface area contributed by atoms with E-state index in [-0.39, 0.29) is 0 Å². The molecular formula is C6H12N2. The lowest BCUT2D eigenvalue weighted by Crippen LogP contribution is -1.72. The van der Waals surface area contributed by atoms with Crippen molar-refractivity contribution in [2.75, 3.05) is 7.05 Å². The topological polar surface area (TPSA) is 24.7 Å². The Morgan fingerprint density at radius 2 is 2.25 bits per heavy atom. The van der Waals surface area contributed by atoms with Gasteiger partial charge in [-0.25, -0.2) is 4.99 Å². The molecule has 0 aliphatic rings. The van der Waals surface area contributed by atoms with Gasteiger partial charge in [0.2, 0.25) is 0 Å². The molecule has 0 amide bonds. The van der Waals surface area contributed by atoms with Crippen LogP contribution in [0.1, 0.15) is 19.8 Å². The zero-order valence-corrected chi connectivity index (χ0v) is 5.46. The normalized spacial score (nSPS) is 11.8. The van der Waals surface area contributed by atoms with Crippen LogP contribution < -0.4 is 0 Å². The molecule has 0 saturated heterocycles. The average Bonchev–Trinajstić information content (AvgIpc) is 1.81. The summed E-state index contributed by atoms with van der Waals surface area (Å²) in [5.74, 6) is 0. The summed E-state index contributed by atoms with van der Waals surface area (Å²) in [7, 11) is 1.71. The first-order valence-electron chi connectivity index (χ1n) is 2.84. The van der Waals surface area contributed by atoms with Gasteiger partial charge in [-0.05, 0) is 6.42 Å². The standard InChI is InChI=1S/C6H12N2/c1-3-4-5-8-6-7-2/h5-6H,3-4H2,1-2H3/b7-6-,8-5-. The van der Waals surface area contributed by atoms with Gasteiger partial charge in [0, 0.05) is 13.3 Å². The molecule has 0 heterocycles. The summed E-state index contributed by atoms with van der Waals surface area (Å²) < 4.78 is 0. The fourth-order valence-corrected chi connectivity index (χ4v) is 0.317. The lowest BCUT2D eigenvalue weighted by Gasteiger charge is -1.77. The summed E-state index contributed by atoms with van der Waals surface area (Å²) in [6.45, 7) is 2.12. The van der Waals surface area contributed by atoms with Crippen LogP contribution in [-0.2, 0) is 0 Å². The van der Waals surface area contributed by atoms with Gasteiger partial charge in [-0.15, -0.1) is 0 Å². The third-order valence-corrected chi connectivity index (χ3v) is 0.705. The highest BCUT2D eigenvalue weighted by atomic mass is 14.8. The number of aliphatic imine (C=N–C) groups is 2. The summed E-state index contributed by atoms with van der Waals surface area (Å²) in [6, 6.07) is 0. The first kappa shape index (κ1) is 7.34. The third kappa shape index (κ3) is 5.34. The fraction of sp³-hybridized carbons (Fsp3) is 0.667. The smallest absolute Gasteiger partial charge is 0.109 e. The van der Waals surface area contributed by atoms with Crippen LogP contribution in [0.3, 0.4) is 0 Å². The van der Waals surface area contributed by atoms with Crippen molar-refractivity contribution in [3.05, 3.63) is 0 Å². The van der Waals surface area contributed by atoms with Crippen LogP contribution in [0.5, 0.6) is 0 Å². The summed E-state index contributed by atoms with van der Waals surface area (Å²) >= 11 is 0. The Morgan fingerprint density at radius 3 is 2.75 bits per heavy atom. The number of nitrogens with zero attached hydrogens (tertiary/aromatic N) is 2. The van der Waals surface area contributed by atoms with Crippen molar-refractivity contribution in [2.24, 2.45) is 9.98 Å². The van der Waals surface area contributed by atoms with Crippen molar-refractivity contribution in [1.82, 2.24) is 0 Å². The molecule has 0 unspecified atom stereocenters. The van der Waals surface area contributed by atoms with Crippen molar-refractivity contribution in [1.29, 1.82) is 0 Å². The van der Waals surface area contributed by atoms with E-state index in [0.717, 1.165) is 12.8 Å². The molecule has 0 N–H and O–H groups in total. The van der Waals surface area contributed by atoms with Gasteiger partial charge in [-0.1, -0.05) is 13.3 Å². The van der Waals surface area contributed by atoms with E-state index >= 15 is 0 Å². The van der Waals surface area contributed by atoms with E-state index in [1.807, 2.05) is 6.21 Å². The maximum absolute atomic E-state index is 3.86. The fourth-order valence-electron chi connectivity index (χ4n) is 0.317. The van der Waals surface area contributed by atoms with Crippen LogP contribution in [0.2, 0.25) is 0 Å². The lowest BCUT2D eigenvalue weighted by molar-refractivity contribution is 1.01. The molecule has 2 heteroatoms. The third-order valence-electron chi connectivity index (χ3n) is 0.705. The Balaban J connectivity index is 3.07. The molecule has 0 aromatic rings. The molecule has 0 aliphatic carbocycles. The van der Waals surface area contributed by atoms with Crippen LogP contribution in [-0.4, -0.2) is 19.6 Å². The number of hydrogen-bond acceptors (Lipinski definition) is 1. The Morgan fingerprint density at radius 1 is 1.50 bits per heavy atom. The molecule has 0 fully saturated rings. The minimum Gasteiger partial charge on any atom is -0.277 e. The molecule has 0 aliphatic heterocycles. The summed E-state index contributed by atoms with van der Waals surface area (Å²) in [5.41, 5.74) is 0. The van der Waals surface area contributed by atoms with Crippen molar-refractivity contribution in [3.63, 3.8) is 0 Å². The molecule has 0 bridgehead atoms. The predicted octanol–water partition coefficient (Wildman–Crippen LogP) is 1.52. The van der Waals surface area contributed by atoms with Gasteiger partial charge in [0.05, 0.1) is 0 Å². The highest BCUT2D eigenvalue weighted by molar-refractivity contribution is 5.71. The summed E-state index contributed by atoms with van der Waals surface area (Å²) in [4.78, 5) is 7.55.